The molecule has 4 unspecified atom stereocenters. The molecule has 4 aliphatic heterocycles. The number of aromatic nitrogens is 2. The van der Waals surface area contributed by atoms with E-state index in [1.807, 2.05) is 0 Å². The fraction of sp³-hybridized carbons (Fsp3) is 0.583. The van der Waals surface area contributed by atoms with E-state index in [-0.39, 0.29) is 12.6 Å². The number of rotatable bonds is 4. The first kappa shape index (κ1) is 20.3. The summed E-state index contributed by atoms with van der Waals surface area (Å²) in [5, 5.41) is 0. The van der Waals surface area contributed by atoms with E-state index >= 15 is 0 Å². The van der Waals surface area contributed by atoms with E-state index in [0.717, 1.165) is 20.8 Å². The normalized spacial score (nSPS) is 31.9. The first-order valence-electron chi connectivity index (χ1n) is 11.5. The summed E-state index contributed by atoms with van der Waals surface area (Å²) in [6.45, 7) is 2.76. The van der Waals surface area contributed by atoms with E-state index in [1.165, 1.54) is 25.7 Å². The van der Waals surface area contributed by atoms with Crippen molar-refractivity contribution < 1.29 is 28.1 Å². The van der Waals surface area contributed by atoms with E-state index < -0.39 is 0 Å². The predicted molar refractivity (Wildman–Crippen MR) is 112 cm³/mol. The third-order valence-corrected chi connectivity index (χ3v) is 10.7. The van der Waals surface area contributed by atoms with Gasteiger partial charge in [-0.05, 0) is 0 Å². The van der Waals surface area contributed by atoms with Crippen molar-refractivity contribution in [3.63, 3.8) is 0 Å². The predicted octanol–water partition coefficient (Wildman–Crippen LogP) is 3.00. The van der Waals surface area contributed by atoms with Crippen LogP contribution in [0.5, 0.6) is 0 Å². The fourth-order valence-corrected chi connectivity index (χ4v) is 9.47. The van der Waals surface area contributed by atoms with Crippen molar-refractivity contribution >= 4 is 15.0 Å². The molecule has 0 amide bonds. The van der Waals surface area contributed by atoms with Gasteiger partial charge in [-0.25, -0.2) is 0 Å². The molecule has 6 nitrogen and oxygen atoms in total. The van der Waals surface area contributed by atoms with Crippen molar-refractivity contribution in [1.82, 2.24) is 0 Å². The van der Waals surface area contributed by atoms with Gasteiger partial charge in [-0.15, -0.1) is 0 Å². The number of nitrogens with zero attached hydrogens (tertiary/aromatic N) is 2. The summed E-state index contributed by atoms with van der Waals surface area (Å²) in [7, 11) is 0. The molecule has 0 N–H and O–H groups in total. The summed E-state index contributed by atoms with van der Waals surface area (Å²) < 4.78 is 27.8. The third-order valence-electron chi connectivity index (χ3n) is 6.95. The Bertz CT molecular complexity index is 842. The molecular formula is C24H30N2O4Se+2. The van der Waals surface area contributed by atoms with Gasteiger partial charge >= 0.3 is 190 Å². The molecule has 7 heteroatoms. The van der Waals surface area contributed by atoms with E-state index in [4.69, 9.17) is 18.9 Å². The first-order valence-corrected chi connectivity index (χ1v) is 13.5. The van der Waals surface area contributed by atoms with Crippen LogP contribution in [0, 0.1) is 0 Å². The molecule has 4 aliphatic rings. The molecule has 2 aromatic heterocycles. The van der Waals surface area contributed by atoms with Crippen molar-refractivity contribution in [2.45, 2.75) is 60.0 Å². The molecule has 4 fully saturated rings. The van der Waals surface area contributed by atoms with Crippen LogP contribution in [0.2, 0.25) is 9.63 Å². The SMILES string of the molecule is c1cc(C2OCCO2)c[n+](C2CCC3[Se]C2CCC3[n+]2cccc(C3OCCO3)c2)c1. The minimum absolute atomic E-state index is 0.193. The molecule has 0 spiro atoms. The molecule has 0 aliphatic carbocycles. The van der Waals surface area contributed by atoms with Gasteiger partial charge in [0.2, 0.25) is 0 Å². The molecule has 164 valence electrons. The number of ether oxygens (including phenoxy) is 4. The Balaban J connectivity index is 1.16. The maximum atomic E-state index is 5.72. The Morgan fingerprint density at radius 1 is 0.645 bits per heavy atom. The van der Waals surface area contributed by atoms with Crippen LogP contribution in [-0.4, -0.2) is 41.4 Å². The molecule has 4 atom stereocenters. The monoisotopic (exact) mass is 490 g/mol. The van der Waals surface area contributed by atoms with Crippen LogP contribution < -0.4 is 9.13 Å². The van der Waals surface area contributed by atoms with Crippen molar-refractivity contribution in [3.05, 3.63) is 60.2 Å². The topological polar surface area (TPSA) is 44.7 Å². The van der Waals surface area contributed by atoms with Crippen molar-refractivity contribution in [2.75, 3.05) is 26.4 Å². The maximum absolute atomic E-state index is 5.72. The minimum atomic E-state index is -0.193. The van der Waals surface area contributed by atoms with Crippen LogP contribution in [0.1, 0.15) is 61.5 Å². The van der Waals surface area contributed by atoms with Gasteiger partial charge in [-0.1, -0.05) is 0 Å². The van der Waals surface area contributed by atoms with Crippen LogP contribution in [-0.2, 0) is 18.9 Å². The zero-order valence-corrected chi connectivity index (χ0v) is 19.4. The molecule has 0 aromatic carbocycles. The van der Waals surface area contributed by atoms with E-state index in [2.05, 4.69) is 58.2 Å². The van der Waals surface area contributed by atoms with Crippen LogP contribution in [0.4, 0.5) is 0 Å². The van der Waals surface area contributed by atoms with Gasteiger partial charge in [0.1, 0.15) is 0 Å². The fourth-order valence-electron chi connectivity index (χ4n) is 5.47. The summed E-state index contributed by atoms with van der Waals surface area (Å²) in [6, 6.07) is 9.77. The standard InChI is InChI=1S/C24H30N2O4Se/c1-3-17(23-27-11-12-28-23)15-25(9-1)19-5-7-22-20(6-8-21(19)31-22)26-10-2-4-18(16-26)24-29-13-14-30-24/h1-4,9-10,15-16,19-24H,5-8,11-14H2/q+2. The van der Waals surface area contributed by atoms with Gasteiger partial charge in [0, 0.05) is 0 Å². The summed E-state index contributed by atoms with van der Waals surface area (Å²) in [5.41, 5.74) is 2.29. The van der Waals surface area contributed by atoms with Crippen molar-refractivity contribution in [3.8, 4) is 0 Å². The van der Waals surface area contributed by atoms with Gasteiger partial charge < -0.3 is 0 Å². The average Bonchev–Trinajstić information content (AvgIpc) is 3.54. The van der Waals surface area contributed by atoms with Gasteiger partial charge in [-0.2, -0.15) is 0 Å². The van der Waals surface area contributed by atoms with E-state index in [0.29, 0.717) is 53.5 Å². The Morgan fingerprint density at radius 2 is 1.10 bits per heavy atom. The second-order valence-corrected chi connectivity index (χ2v) is 11.9. The summed E-state index contributed by atoms with van der Waals surface area (Å²) in [6.07, 6.45) is 13.7. The Morgan fingerprint density at radius 3 is 1.55 bits per heavy atom. The van der Waals surface area contributed by atoms with Crippen LogP contribution in [0.25, 0.3) is 0 Å². The molecule has 6 rings (SSSR count). The second-order valence-electron chi connectivity index (χ2n) is 8.82. The first-order chi connectivity index (χ1) is 15.3. The average molecular weight is 489 g/mol. The van der Waals surface area contributed by atoms with Crippen molar-refractivity contribution in [1.29, 1.82) is 0 Å². The van der Waals surface area contributed by atoms with Gasteiger partial charge in [0.25, 0.3) is 0 Å². The van der Waals surface area contributed by atoms with Crippen LogP contribution in [0.15, 0.2) is 49.1 Å². The zero-order valence-electron chi connectivity index (χ0n) is 17.7. The van der Waals surface area contributed by atoms with E-state index in [9.17, 15) is 0 Å². The Labute approximate surface area is 189 Å². The van der Waals surface area contributed by atoms with Crippen molar-refractivity contribution in [2.24, 2.45) is 0 Å². The summed E-state index contributed by atoms with van der Waals surface area (Å²) >= 11 is 0.637. The van der Waals surface area contributed by atoms with Gasteiger partial charge in [0.05, 0.1) is 0 Å². The molecule has 2 aromatic rings. The Hall–Kier alpha value is -1.34. The van der Waals surface area contributed by atoms with Gasteiger partial charge in [-0.3, -0.25) is 0 Å². The number of hydrogen-bond acceptors (Lipinski definition) is 4. The zero-order chi connectivity index (χ0) is 20.6. The Kier molecular flexibility index (Phi) is 5.82. The van der Waals surface area contributed by atoms with Crippen LogP contribution in [0.3, 0.4) is 0 Å². The number of hydrogen-bond donors (Lipinski definition) is 0. The quantitative estimate of drug-likeness (QED) is 0.490. The second kappa shape index (κ2) is 8.89. The van der Waals surface area contributed by atoms with Gasteiger partial charge in [0.15, 0.2) is 0 Å². The molecule has 0 radical (unpaired) electrons. The summed E-state index contributed by atoms with van der Waals surface area (Å²) in [5.74, 6) is 0. The molecule has 4 saturated heterocycles. The van der Waals surface area contributed by atoms with E-state index in [1.54, 1.807) is 0 Å². The van der Waals surface area contributed by atoms with Crippen LogP contribution >= 0.6 is 0 Å². The molecule has 2 bridgehead atoms. The summed E-state index contributed by atoms with van der Waals surface area (Å²) in [4.78, 5) is 1.61. The molecule has 0 saturated carbocycles. The molecule has 6 heterocycles. The molecule has 31 heavy (non-hydrogen) atoms. The number of pyridine rings is 2. The molecular weight excluding hydrogens is 459 g/mol. The number of fused-ring (bicyclic) bond motifs is 2. The third kappa shape index (κ3) is 4.08.